The van der Waals surface area contributed by atoms with Gasteiger partial charge in [0.15, 0.2) is 0 Å². The Morgan fingerprint density at radius 1 is 1.38 bits per heavy atom. The van der Waals surface area contributed by atoms with Gasteiger partial charge in [0.25, 0.3) is 0 Å². The van der Waals surface area contributed by atoms with Crippen LogP contribution in [0, 0.1) is 0 Å². The number of methoxy groups -OCH3 is 1. The van der Waals surface area contributed by atoms with Crippen molar-refractivity contribution >= 4 is 5.91 Å². The Balaban J connectivity index is 1.75. The van der Waals surface area contributed by atoms with Crippen LogP contribution in [0.15, 0.2) is 24.3 Å². The number of rotatable bonds is 9. The van der Waals surface area contributed by atoms with Gasteiger partial charge in [0.2, 0.25) is 5.91 Å². The molecule has 0 saturated heterocycles. The third kappa shape index (κ3) is 5.05. The summed E-state index contributed by atoms with van der Waals surface area (Å²) in [5.41, 5.74) is 1.19. The fraction of sp³-hybridized carbons (Fsp3) is 0.588. The van der Waals surface area contributed by atoms with Crippen LogP contribution >= 0.6 is 0 Å². The van der Waals surface area contributed by atoms with E-state index in [4.69, 9.17) is 4.74 Å². The monoisotopic (exact) mass is 290 g/mol. The molecule has 0 spiro atoms. The molecule has 0 bridgehead atoms. The van der Waals surface area contributed by atoms with Crippen molar-refractivity contribution < 1.29 is 9.53 Å². The average Bonchev–Trinajstić information content (AvgIpc) is 3.31. The van der Waals surface area contributed by atoms with Gasteiger partial charge in [-0.1, -0.05) is 25.1 Å². The first-order chi connectivity index (χ1) is 10.2. The van der Waals surface area contributed by atoms with Gasteiger partial charge in [0.05, 0.1) is 7.11 Å². The number of ether oxygens (including phenoxy) is 1. The second-order valence-corrected chi connectivity index (χ2v) is 5.60. The molecule has 1 aromatic carbocycles. The van der Waals surface area contributed by atoms with Crippen molar-refractivity contribution in [2.24, 2.45) is 0 Å². The quantitative estimate of drug-likeness (QED) is 0.688. The molecule has 21 heavy (non-hydrogen) atoms. The first-order valence-electron chi connectivity index (χ1n) is 7.90. The first-order valence-corrected chi connectivity index (χ1v) is 7.90. The zero-order valence-electron chi connectivity index (χ0n) is 13.0. The van der Waals surface area contributed by atoms with E-state index in [1.54, 1.807) is 7.11 Å². The first kappa shape index (κ1) is 15.8. The SMILES string of the molecule is CCC(NCCCC(=O)NC1CC1)c1ccccc1OC. The minimum Gasteiger partial charge on any atom is -0.496 e. The lowest BCUT2D eigenvalue weighted by molar-refractivity contribution is -0.121. The van der Waals surface area contributed by atoms with Gasteiger partial charge >= 0.3 is 0 Å². The minimum absolute atomic E-state index is 0.185. The van der Waals surface area contributed by atoms with Crippen LogP contribution in [-0.2, 0) is 4.79 Å². The molecule has 1 aliphatic rings. The van der Waals surface area contributed by atoms with Crippen LogP contribution in [0.1, 0.15) is 50.6 Å². The maximum atomic E-state index is 11.6. The van der Waals surface area contributed by atoms with Crippen molar-refractivity contribution in [1.82, 2.24) is 10.6 Å². The lowest BCUT2D eigenvalue weighted by atomic mass is 10.0. The number of hydrogen-bond acceptors (Lipinski definition) is 3. The Labute approximate surface area is 127 Å². The van der Waals surface area contributed by atoms with Gasteiger partial charge in [-0.25, -0.2) is 0 Å². The molecular formula is C17H26N2O2. The third-order valence-corrected chi connectivity index (χ3v) is 3.84. The summed E-state index contributed by atoms with van der Waals surface area (Å²) in [5.74, 6) is 1.10. The molecule has 1 unspecified atom stereocenters. The topological polar surface area (TPSA) is 50.4 Å². The van der Waals surface area contributed by atoms with E-state index in [0.717, 1.165) is 38.0 Å². The van der Waals surface area contributed by atoms with Gasteiger partial charge in [-0.3, -0.25) is 4.79 Å². The van der Waals surface area contributed by atoms with E-state index < -0.39 is 0 Å². The highest BCUT2D eigenvalue weighted by Crippen LogP contribution is 2.26. The third-order valence-electron chi connectivity index (χ3n) is 3.84. The molecular weight excluding hydrogens is 264 g/mol. The number of hydrogen-bond donors (Lipinski definition) is 2. The lowest BCUT2D eigenvalue weighted by Gasteiger charge is -2.19. The lowest BCUT2D eigenvalue weighted by Crippen LogP contribution is -2.27. The zero-order valence-corrected chi connectivity index (χ0v) is 13.0. The number of benzene rings is 1. The van der Waals surface area contributed by atoms with Gasteiger partial charge in [-0.15, -0.1) is 0 Å². The van der Waals surface area contributed by atoms with Gasteiger partial charge in [0, 0.05) is 24.1 Å². The largest absolute Gasteiger partial charge is 0.496 e. The Morgan fingerprint density at radius 2 is 2.14 bits per heavy atom. The molecule has 0 aromatic heterocycles. The van der Waals surface area contributed by atoms with E-state index in [1.807, 2.05) is 18.2 Å². The minimum atomic E-state index is 0.185. The van der Waals surface area contributed by atoms with Crippen LogP contribution in [0.25, 0.3) is 0 Å². The second-order valence-electron chi connectivity index (χ2n) is 5.60. The summed E-state index contributed by atoms with van der Waals surface area (Å²) in [4.78, 5) is 11.6. The fourth-order valence-corrected chi connectivity index (χ4v) is 2.48. The second kappa shape index (κ2) is 8.03. The van der Waals surface area contributed by atoms with E-state index in [-0.39, 0.29) is 11.9 Å². The van der Waals surface area contributed by atoms with E-state index >= 15 is 0 Å². The number of para-hydroxylation sites is 1. The summed E-state index contributed by atoms with van der Waals surface area (Å²) in [6.07, 6.45) is 4.76. The molecule has 1 saturated carbocycles. The zero-order chi connectivity index (χ0) is 15.1. The molecule has 1 amide bonds. The normalized spacial score (nSPS) is 15.5. The number of carbonyl (C=O) groups is 1. The maximum Gasteiger partial charge on any atom is 0.220 e. The highest BCUT2D eigenvalue weighted by Gasteiger charge is 2.22. The Morgan fingerprint density at radius 3 is 2.81 bits per heavy atom. The maximum absolute atomic E-state index is 11.6. The molecule has 0 radical (unpaired) electrons. The van der Waals surface area contributed by atoms with Gasteiger partial charge in [-0.05, 0) is 38.3 Å². The van der Waals surface area contributed by atoms with Gasteiger partial charge in [-0.2, -0.15) is 0 Å². The predicted octanol–water partition coefficient (Wildman–Crippen LogP) is 2.79. The van der Waals surface area contributed by atoms with Crippen molar-refractivity contribution in [1.29, 1.82) is 0 Å². The average molecular weight is 290 g/mol. The van der Waals surface area contributed by atoms with Crippen LogP contribution in [0.2, 0.25) is 0 Å². The van der Waals surface area contributed by atoms with Crippen LogP contribution in [0.4, 0.5) is 0 Å². The molecule has 2 rings (SSSR count). The molecule has 0 aliphatic heterocycles. The molecule has 1 aromatic rings. The van der Waals surface area contributed by atoms with E-state index in [0.29, 0.717) is 12.5 Å². The van der Waals surface area contributed by atoms with Crippen LogP contribution < -0.4 is 15.4 Å². The summed E-state index contributed by atoms with van der Waals surface area (Å²) >= 11 is 0. The smallest absolute Gasteiger partial charge is 0.220 e. The summed E-state index contributed by atoms with van der Waals surface area (Å²) in [6, 6.07) is 8.83. The number of nitrogens with one attached hydrogen (secondary N) is 2. The Bertz CT molecular complexity index is 458. The summed E-state index contributed by atoms with van der Waals surface area (Å²) in [6.45, 7) is 3.00. The van der Waals surface area contributed by atoms with E-state index in [2.05, 4.69) is 23.6 Å². The Kier molecular flexibility index (Phi) is 6.05. The fourth-order valence-electron chi connectivity index (χ4n) is 2.48. The van der Waals surface area contributed by atoms with Gasteiger partial charge < -0.3 is 15.4 Å². The van der Waals surface area contributed by atoms with Crippen molar-refractivity contribution in [3.63, 3.8) is 0 Å². The summed E-state index contributed by atoms with van der Waals surface area (Å²) in [7, 11) is 1.70. The number of carbonyl (C=O) groups excluding carboxylic acids is 1. The molecule has 4 heteroatoms. The molecule has 2 N–H and O–H groups in total. The molecule has 1 aliphatic carbocycles. The number of amides is 1. The summed E-state index contributed by atoms with van der Waals surface area (Å²) in [5, 5.41) is 6.54. The van der Waals surface area contributed by atoms with Crippen LogP contribution in [0.3, 0.4) is 0 Å². The summed E-state index contributed by atoms with van der Waals surface area (Å²) < 4.78 is 5.42. The predicted molar refractivity (Wildman–Crippen MR) is 84.4 cm³/mol. The highest BCUT2D eigenvalue weighted by molar-refractivity contribution is 5.76. The Hall–Kier alpha value is -1.55. The standard InChI is InChI=1S/C17H26N2O2/c1-3-15(14-7-4-5-8-16(14)21-2)18-12-6-9-17(20)19-13-10-11-13/h4-5,7-8,13,15,18H,3,6,9-12H2,1-2H3,(H,19,20). The highest BCUT2D eigenvalue weighted by atomic mass is 16.5. The van der Waals surface area contributed by atoms with Crippen molar-refractivity contribution in [3.05, 3.63) is 29.8 Å². The molecule has 1 atom stereocenters. The van der Waals surface area contributed by atoms with Crippen LogP contribution in [0.5, 0.6) is 5.75 Å². The molecule has 4 nitrogen and oxygen atoms in total. The van der Waals surface area contributed by atoms with Crippen molar-refractivity contribution in [3.8, 4) is 5.75 Å². The van der Waals surface area contributed by atoms with Gasteiger partial charge in [0.1, 0.15) is 5.75 Å². The van der Waals surface area contributed by atoms with Crippen LogP contribution in [-0.4, -0.2) is 25.6 Å². The van der Waals surface area contributed by atoms with E-state index in [9.17, 15) is 4.79 Å². The van der Waals surface area contributed by atoms with Crippen molar-refractivity contribution in [2.45, 2.75) is 51.1 Å². The molecule has 116 valence electrons. The van der Waals surface area contributed by atoms with E-state index in [1.165, 1.54) is 5.56 Å². The molecule has 0 heterocycles. The van der Waals surface area contributed by atoms with Crippen molar-refractivity contribution in [2.75, 3.05) is 13.7 Å². The molecule has 1 fully saturated rings.